The number of para-hydroxylation sites is 2. The molecule has 1 heterocycles. The lowest BCUT2D eigenvalue weighted by Crippen LogP contribution is -2.26. The molecule has 0 fully saturated rings. The molecule has 4 rings (SSSR count). The van der Waals surface area contributed by atoms with Crippen molar-refractivity contribution in [3.63, 3.8) is 0 Å². The van der Waals surface area contributed by atoms with Crippen LogP contribution < -0.4 is 14.8 Å². The maximum Gasteiger partial charge on any atom is 0.251 e. The van der Waals surface area contributed by atoms with Crippen LogP contribution in [0.1, 0.15) is 21.7 Å². The molecule has 0 atom stereocenters. The summed E-state index contributed by atoms with van der Waals surface area (Å²) in [6, 6.07) is 23.2. The number of amides is 1. The lowest BCUT2D eigenvalue weighted by Gasteiger charge is -2.12. The highest BCUT2D eigenvalue weighted by molar-refractivity contribution is 5.94. The molecule has 0 saturated heterocycles. The number of aromatic nitrogens is 2. The van der Waals surface area contributed by atoms with E-state index in [-0.39, 0.29) is 5.91 Å². The Bertz CT molecular complexity index is 1200. The second kappa shape index (κ2) is 10.0. The number of hydrogen-bond acceptors (Lipinski definition) is 4. The number of fused-ring (bicyclic) bond motifs is 1. The molecule has 3 aromatic carbocycles. The Hall–Kier alpha value is -3.80. The van der Waals surface area contributed by atoms with Crippen molar-refractivity contribution in [2.45, 2.75) is 19.9 Å². The molecule has 0 aliphatic heterocycles. The lowest BCUT2D eigenvalue weighted by molar-refractivity contribution is 0.0954. The average Bonchev–Trinajstić information content (AvgIpc) is 3.17. The molecule has 1 aromatic heterocycles. The Morgan fingerprint density at radius 2 is 1.78 bits per heavy atom. The smallest absolute Gasteiger partial charge is 0.251 e. The number of nitrogens with zero attached hydrogens (tertiary/aromatic N) is 2. The second-order valence-corrected chi connectivity index (χ2v) is 7.57. The summed E-state index contributed by atoms with van der Waals surface area (Å²) in [4.78, 5) is 17.2. The molecule has 0 spiro atoms. The summed E-state index contributed by atoms with van der Waals surface area (Å²) in [5.74, 6) is 2.37. The van der Waals surface area contributed by atoms with Crippen LogP contribution in [0, 0.1) is 6.92 Å². The van der Waals surface area contributed by atoms with Gasteiger partial charge in [-0.05, 0) is 43.3 Å². The van der Waals surface area contributed by atoms with Crippen LogP contribution in [-0.4, -0.2) is 35.7 Å². The fourth-order valence-electron chi connectivity index (χ4n) is 3.61. The molecule has 0 radical (unpaired) electrons. The minimum absolute atomic E-state index is 0.0750. The van der Waals surface area contributed by atoms with Gasteiger partial charge in [0.05, 0.1) is 24.7 Å². The van der Waals surface area contributed by atoms with Gasteiger partial charge in [0.1, 0.15) is 23.9 Å². The van der Waals surface area contributed by atoms with Crippen molar-refractivity contribution in [3.05, 3.63) is 89.7 Å². The van der Waals surface area contributed by atoms with Gasteiger partial charge in [0.15, 0.2) is 0 Å². The standard InChI is InChI=1S/C26H27N3O3/c1-19-10-12-20(13-11-19)26(30)27-15-14-25-28-23-8-3-4-9-24(23)29(25)16-17-32-22-7-5-6-21(18-22)31-2/h3-13,18H,14-17H2,1-2H3,(H,27,30). The second-order valence-electron chi connectivity index (χ2n) is 7.57. The predicted molar refractivity (Wildman–Crippen MR) is 125 cm³/mol. The largest absolute Gasteiger partial charge is 0.497 e. The maximum atomic E-state index is 12.4. The number of benzene rings is 3. The number of nitrogens with one attached hydrogen (secondary N) is 1. The van der Waals surface area contributed by atoms with Crippen molar-refractivity contribution in [3.8, 4) is 11.5 Å². The zero-order valence-electron chi connectivity index (χ0n) is 18.4. The van der Waals surface area contributed by atoms with Gasteiger partial charge in [0.2, 0.25) is 0 Å². The van der Waals surface area contributed by atoms with Crippen molar-refractivity contribution in [2.24, 2.45) is 0 Å². The number of methoxy groups -OCH3 is 1. The third kappa shape index (κ3) is 5.09. The molecule has 1 amide bonds. The molecule has 4 aromatic rings. The fourth-order valence-corrected chi connectivity index (χ4v) is 3.61. The Morgan fingerprint density at radius 3 is 2.59 bits per heavy atom. The van der Waals surface area contributed by atoms with Gasteiger partial charge in [-0.3, -0.25) is 4.79 Å². The van der Waals surface area contributed by atoms with Crippen LogP contribution in [0.3, 0.4) is 0 Å². The lowest BCUT2D eigenvalue weighted by atomic mass is 10.1. The predicted octanol–water partition coefficient (Wildman–Crippen LogP) is 4.40. The van der Waals surface area contributed by atoms with E-state index in [0.717, 1.165) is 33.9 Å². The average molecular weight is 430 g/mol. The molecule has 0 unspecified atom stereocenters. The van der Waals surface area contributed by atoms with Gasteiger partial charge in [-0.25, -0.2) is 4.98 Å². The first-order valence-corrected chi connectivity index (χ1v) is 10.7. The zero-order chi connectivity index (χ0) is 22.3. The Morgan fingerprint density at radius 1 is 1.00 bits per heavy atom. The molecule has 1 N–H and O–H groups in total. The van der Waals surface area contributed by atoms with E-state index in [1.165, 1.54) is 0 Å². The summed E-state index contributed by atoms with van der Waals surface area (Å²) in [6.45, 7) is 3.66. The van der Waals surface area contributed by atoms with Crippen LogP contribution in [0.5, 0.6) is 11.5 Å². The first-order valence-electron chi connectivity index (χ1n) is 10.7. The molecular weight excluding hydrogens is 402 g/mol. The Labute approximate surface area is 187 Å². The molecule has 0 saturated carbocycles. The summed E-state index contributed by atoms with van der Waals surface area (Å²) in [6.07, 6.45) is 0.630. The third-order valence-electron chi connectivity index (χ3n) is 5.31. The van der Waals surface area contributed by atoms with Gasteiger partial charge in [-0.2, -0.15) is 0 Å². The minimum Gasteiger partial charge on any atom is -0.497 e. The van der Waals surface area contributed by atoms with Crippen LogP contribution in [0.4, 0.5) is 0 Å². The van der Waals surface area contributed by atoms with E-state index in [2.05, 4.69) is 16.0 Å². The van der Waals surface area contributed by atoms with Gasteiger partial charge >= 0.3 is 0 Å². The summed E-state index contributed by atoms with van der Waals surface area (Å²) in [5.41, 5.74) is 3.79. The highest BCUT2D eigenvalue weighted by Gasteiger charge is 2.12. The number of rotatable bonds is 9. The van der Waals surface area contributed by atoms with Crippen LogP contribution in [0.15, 0.2) is 72.8 Å². The monoisotopic (exact) mass is 429 g/mol. The minimum atomic E-state index is -0.0750. The van der Waals surface area contributed by atoms with Crippen LogP contribution in [0.2, 0.25) is 0 Å². The first-order chi connectivity index (χ1) is 15.6. The highest BCUT2D eigenvalue weighted by Crippen LogP contribution is 2.20. The fraction of sp³-hybridized carbons (Fsp3) is 0.231. The molecule has 0 bridgehead atoms. The van der Waals surface area contributed by atoms with Crippen molar-refractivity contribution in [1.29, 1.82) is 0 Å². The van der Waals surface area contributed by atoms with E-state index < -0.39 is 0 Å². The normalized spacial score (nSPS) is 10.8. The number of carbonyl (C=O) groups is 1. The molecule has 32 heavy (non-hydrogen) atoms. The summed E-state index contributed by atoms with van der Waals surface area (Å²) in [7, 11) is 1.64. The Balaban J connectivity index is 1.41. The number of imidazole rings is 1. The van der Waals surface area contributed by atoms with Crippen LogP contribution in [-0.2, 0) is 13.0 Å². The molecule has 6 heteroatoms. The van der Waals surface area contributed by atoms with Gasteiger partial charge in [0.25, 0.3) is 5.91 Å². The molecule has 0 aliphatic carbocycles. The van der Waals surface area contributed by atoms with Gasteiger partial charge in [0, 0.05) is 24.6 Å². The van der Waals surface area contributed by atoms with E-state index in [9.17, 15) is 4.79 Å². The van der Waals surface area contributed by atoms with E-state index in [0.29, 0.717) is 31.7 Å². The number of hydrogen-bond donors (Lipinski definition) is 1. The van der Waals surface area contributed by atoms with Crippen LogP contribution >= 0.6 is 0 Å². The Kier molecular flexibility index (Phi) is 6.70. The van der Waals surface area contributed by atoms with Crippen molar-refractivity contribution < 1.29 is 14.3 Å². The van der Waals surface area contributed by atoms with Crippen molar-refractivity contribution in [1.82, 2.24) is 14.9 Å². The van der Waals surface area contributed by atoms with E-state index >= 15 is 0 Å². The molecule has 0 aliphatic rings. The maximum absolute atomic E-state index is 12.4. The quantitative estimate of drug-likeness (QED) is 0.428. The topological polar surface area (TPSA) is 65.4 Å². The van der Waals surface area contributed by atoms with E-state index in [1.807, 2.05) is 73.7 Å². The van der Waals surface area contributed by atoms with E-state index in [1.54, 1.807) is 7.11 Å². The number of ether oxygens (including phenoxy) is 2. The molecular formula is C26H27N3O3. The number of carbonyl (C=O) groups excluding carboxylic acids is 1. The summed E-state index contributed by atoms with van der Waals surface area (Å²) in [5, 5.41) is 3.00. The summed E-state index contributed by atoms with van der Waals surface area (Å²) >= 11 is 0. The third-order valence-corrected chi connectivity index (χ3v) is 5.31. The van der Waals surface area contributed by atoms with E-state index in [4.69, 9.17) is 14.5 Å². The van der Waals surface area contributed by atoms with Crippen molar-refractivity contribution >= 4 is 16.9 Å². The van der Waals surface area contributed by atoms with Gasteiger partial charge in [-0.15, -0.1) is 0 Å². The SMILES string of the molecule is COc1cccc(OCCn2c(CCNC(=O)c3ccc(C)cc3)nc3ccccc32)c1. The zero-order valence-corrected chi connectivity index (χ0v) is 18.4. The molecule has 6 nitrogen and oxygen atoms in total. The first kappa shape index (κ1) is 21.4. The van der Waals surface area contributed by atoms with Crippen molar-refractivity contribution in [2.75, 3.05) is 20.3 Å². The molecule has 164 valence electrons. The van der Waals surface area contributed by atoms with Gasteiger partial charge < -0.3 is 19.4 Å². The van der Waals surface area contributed by atoms with Crippen LogP contribution in [0.25, 0.3) is 11.0 Å². The number of aryl methyl sites for hydroxylation is 1. The highest BCUT2D eigenvalue weighted by atomic mass is 16.5. The summed E-state index contributed by atoms with van der Waals surface area (Å²) < 4.78 is 13.4. The van der Waals surface area contributed by atoms with Gasteiger partial charge in [-0.1, -0.05) is 35.9 Å².